The third-order valence-corrected chi connectivity index (χ3v) is 8.02. The average Bonchev–Trinajstić information content (AvgIpc) is 3.68. The largest absolute Gasteiger partial charge is 0.459 e. The number of fused-ring (bicyclic) bond motifs is 2. The highest BCUT2D eigenvalue weighted by Crippen LogP contribution is 2.32. The fraction of sp³-hybridized carbons (Fsp3) is 0.324. The predicted molar refractivity (Wildman–Crippen MR) is 165 cm³/mol. The SMILES string of the molecule is CC(C)(C)OC(=O)N1CCC[C@H]1C(=O)OCc1cc(F)c(F)cc1-c1ccc2nc(N)nc(C(=O)N3Cc4ccccc4C3)c2c1. The van der Waals surface area contributed by atoms with Crippen LogP contribution in [0.4, 0.5) is 19.5 Å². The second kappa shape index (κ2) is 12.0. The smallest absolute Gasteiger partial charge is 0.411 e. The lowest BCUT2D eigenvalue weighted by atomic mass is 9.97. The van der Waals surface area contributed by atoms with Crippen LogP contribution in [0.2, 0.25) is 0 Å². The number of amides is 2. The van der Waals surface area contributed by atoms with Crippen molar-refractivity contribution >= 4 is 34.8 Å². The van der Waals surface area contributed by atoms with Gasteiger partial charge in [0, 0.05) is 30.6 Å². The number of aromatic nitrogens is 2. The van der Waals surface area contributed by atoms with E-state index in [0.29, 0.717) is 48.9 Å². The van der Waals surface area contributed by atoms with Crippen molar-refractivity contribution in [1.82, 2.24) is 19.8 Å². The fourth-order valence-electron chi connectivity index (χ4n) is 5.88. The summed E-state index contributed by atoms with van der Waals surface area (Å²) >= 11 is 0. The number of likely N-dealkylation sites (tertiary alicyclic amines) is 1. The number of ether oxygens (including phenoxy) is 2. The molecule has 2 aliphatic heterocycles. The highest BCUT2D eigenvalue weighted by atomic mass is 19.2. The summed E-state index contributed by atoms with van der Waals surface area (Å²) in [6, 6.07) is 13.7. The third-order valence-electron chi connectivity index (χ3n) is 8.02. The summed E-state index contributed by atoms with van der Waals surface area (Å²) in [5.74, 6) is -3.32. The van der Waals surface area contributed by atoms with E-state index in [1.165, 1.54) is 4.90 Å². The Morgan fingerprint density at radius 1 is 0.978 bits per heavy atom. The highest BCUT2D eigenvalue weighted by Gasteiger charge is 2.38. The second-order valence-corrected chi connectivity index (χ2v) is 12.5. The molecule has 0 spiro atoms. The second-order valence-electron chi connectivity index (χ2n) is 12.5. The van der Waals surface area contributed by atoms with Crippen molar-refractivity contribution in [3.05, 3.63) is 88.6 Å². The molecule has 2 amide bonds. The summed E-state index contributed by atoms with van der Waals surface area (Å²) in [6.45, 7) is 5.96. The molecule has 10 nitrogen and oxygen atoms in total. The lowest BCUT2D eigenvalue weighted by Crippen LogP contribution is -2.44. The fourth-order valence-corrected chi connectivity index (χ4v) is 5.88. The zero-order chi connectivity index (χ0) is 32.7. The molecule has 3 heterocycles. The van der Waals surface area contributed by atoms with Gasteiger partial charge in [0.1, 0.15) is 23.9 Å². The Morgan fingerprint density at radius 2 is 1.67 bits per heavy atom. The Labute approximate surface area is 264 Å². The minimum Gasteiger partial charge on any atom is -0.459 e. The van der Waals surface area contributed by atoms with Gasteiger partial charge in [-0.1, -0.05) is 30.3 Å². The standard InChI is InChI=1S/C34H33F2N5O5/c1-34(2,3)46-33(44)41-12-6-9-28(41)31(43)45-18-22-14-25(35)26(36)15-23(22)19-10-11-27-24(13-19)29(39-32(37)38-27)30(42)40-16-20-7-4-5-8-21(20)17-40/h4-5,7-8,10-11,13-15,28H,6,9,12,16-18H2,1-3H3,(H2,37,38,39)/t28-/m0/s1. The number of anilines is 1. The number of carbonyl (C=O) groups excluding carboxylic acids is 3. The van der Waals surface area contributed by atoms with Gasteiger partial charge in [0.15, 0.2) is 11.6 Å². The number of hydrogen-bond acceptors (Lipinski definition) is 8. The molecule has 12 heteroatoms. The number of esters is 1. The molecule has 1 aromatic heterocycles. The molecule has 2 aliphatic rings. The number of rotatable bonds is 5. The van der Waals surface area contributed by atoms with E-state index in [1.54, 1.807) is 43.9 Å². The lowest BCUT2D eigenvalue weighted by Gasteiger charge is -2.27. The van der Waals surface area contributed by atoms with Gasteiger partial charge < -0.3 is 20.1 Å². The highest BCUT2D eigenvalue weighted by molar-refractivity contribution is 6.06. The van der Waals surface area contributed by atoms with Gasteiger partial charge in [-0.25, -0.2) is 28.3 Å². The van der Waals surface area contributed by atoms with Crippen LogP contribution in [-0.2, 0) is 34.0 Å². The summed E-state index contributed by atoms with van der Waals surface area (Å²) in [4.78, 5) is 51.1. The maximum atomic E-state index is 14.6. The quantitative estimate of drug-likeness (QED) is 0.276. The lowest BCUT2D eigenvalue weighted by molar-refractivity contribution is -0.150. The first kappa shape index (κ1) is 30.9. The van der Waals surface area contributed by atoms with Crippen LogP contribution < -0.4 is 5.73 Å². The zero-order valence-corrected chi connectivity index (χ0v) is 25.7. The monoisotopic (exact) mass is 629 g/mol. The molecule has 0 aliphatic carbocycles. The van der Waals surface area contributed by atoms with Crippen LogP contribution in [0.25, 0.3) is 22.0 Å². The zero-order valence-electron chi connectivity index (χ0n) is 25.7. The molecule has 46 heavy (non-hydrogen) atoms. The summed E-state index contributed by atoms with van der Waals surface area (Å²) in [6.07, 6.45) is 0.349. The van der Waals surface area contributed by atoms with Crippen molar-refractivity contribution in [1.29, 1.82) is 0 Å². The molecule has 3 aromatic carbocycles. The maximum Gasteiger partial charge on any atom is 0.411 e. The Balaban J connectivity index is 1.29. The molecule has 0 unspecified atom stereocenters. The van der Waals surface area contributed by atoms with Crippen molar-refractivity contribution in [2.75, 3.05) is 12.3 Å². The normalized spacial score (nSPS) is 16.1. The average molecular weight is 630 g/mol. The number of nitrogens with two attached hydrogens (primary N) is 1. The van der Waals surface area contributed by atoms with Gasteiger partial charge in [-0.05, 0) is 80.1 Å². The van der Waals surface area contributed by atoms with Crippen molar-refractivity contribution in [3.63, 3.8) is 0 Å². The van der Waals surface area contributed by atoms with Crippen molar-refractivity contribution in [3.8, 4) is 11.1 Å². The van der Waals surface area contributed by atoms with Crippen LogP contribution in [0.3, 0.4) is 0 Å². The van der Waals surface area contributed by atoms with Gasteiger partial charge >= 0.3 is 12.1 Å². The van der Waals surface area contributed by atoms with Crippen molar-refractivity contribution < 1.29 is 32.6 Å². The molecular weight excluding hydrogens is 596 g/mol. The molecule has 0 saturated carbocycles. The Kier molecular flexibility index (Phi) is 8.05. The van der Waals surface area contributed by atoms with Gasteiger partial charge in [0.25, 0.3) is 5.91 Å². The molecule has 0 bridgehead atoms. The van der Waals surface area contributed by atoms with Gasteiger partial charge in [0.2, 0.25) is 5.95 Å². The number of benzene rings is 3. The number of nitrogen functional groups attached to an aromatic ring is 1. The molecule has 238 valence electrons. The van der Waals surface area contributed by atoms with Crippen molar-refractivity contribution in [2.24, 2.45) is 0 Å². The first-order valence-corrected chi connectivity index (χ1v) is 15.0. The predicted octanol–water partition coefficient (Wildman–Crippen LogP) is 5.76. The molecule has 1 atom stereocenters. The molecule has 2 N–H and O–H groups in total. The van der Waals surface area contributed by atoms with Crippen LogP contribution in [0.15, 0.2) is 54.6 Å². The summed E-state index contributed by atoms with van der Waals surface area (Å²) < 4.78 is 40.1. The third kappa shape index (κ3) is 6.19. The van der Waals surface area contributed by atoms with Gasteiger partial charge in [0.05, 0.1) is 5.52 Å². The minimum atomic E-state index is -1.12. The van der Waals surface area contributed by atoms with Gasteiger partial charge in [-0.2, -0.15) is 0 Å². The molecular formula is C34H33F2N5O5. The van der Waals surface area contributed by atoms with Crippen LogP contribution in [-0.4, -0.2) is 55.9 Å². The number of nitrogens with zero attached hydrogens (tertiary/aromatic N) is 4. The minimum absolute atomic E-state index is 0.0759. The van der Waals surface area contributed by atoms with Crippen LogP contribution >= 0.6 is 0 Å². The summed E-state index contributed by atoms with van der Waals surface area (Å²) in [5, 5.41) is 0.374. The first-order valence-electron chi connectivity index (χ1n) is 15.0. The van der Waals surface area contributed by atoms with E-state index in [1.807, 2.05) is 24.3 Å². The molecule has 1 saturated heterocycles. The van der Waals surface area contributed by atoms with E-state index in [9.17, 15) is 23.2 Å². The number of halogens is 2. The summed E-state index contributed by atoms with van der Waals surface area (Å²) in [7, 11) is 0. The molecule has 1 fully saturated rings. The van der Waals surface area contributed by atoms with E-state index < -0.39 is 41.9 Å². The number of hydrogen-bond donors (Lipinski definition) is 1. The summed E-state index contributed by atoms with van der Waals surface area (Å²) in [5.41, 5.74) is 8.63. The Morgan fingerprint density at radius 3 is 2.37 bits per heavy atom. The Hall–Kier alpha value is -5.13. The van der Waals surface area contributed by atoms with Gasteiger partial charge in [-0.3, -0.25) is 9.69 Å². The first-order chi connectivity index (χ1) is 21.9. The van der Waals surface area contributed by atoms with E-state index in [0.717, 1.165) is 23.3 Å². The van der Waals surface area contributed by atoms with Crippen molar-refractivity contribution in [2.45, 2.75) is 65.0 Å². The maximum absolute atomic E-state index is 14.6. The van der Waals surface area contributed by atoms with E-state index >= 15 is 0 Å². The van der Waals surface area contributed by atoms with E-state index in [2.05, 4.69) is 9.97 Å². The Bertz CT molecular complexity index is 1850. The number of carbonyl (C=O) groups is 3. The molecule has 6 rings (SSSR count). The van der Waals surface area contributed by atoms with E-state index in [4.69, 9.17) is 15.2 Å². The topological polar surface area (TPSA) is 128 Å². The van der Waals surface area contributed by atoms with Crippen LogP contribution in [0.1, 0.15) is 60.8 Å². The van der Waals surface area contributed by atoms with Crippen LogP contribution in [0, 0.1) is 11.6 Å². The van der Waals surface area contributed by atoms with Crippen LogP contribution in [0.5, 0.6) is 0 Å². The van der Waals surface area contributed by atoms with E-state index in [-0.39, 0.29) is 28.7 Å². The molecule has 4 aromatic rings. The molecule has 0 radical (unpaired) electrons. The van der Waals surface area contributed by atoms with Gasteiger partial charge in [-0.15, -0.1) is 0 Å².